The number of piperidine rings is 1. The van der Waals surface area contributed by atoms with E-state index in [2.05, 4.69) is 20.4 Å². The summed E-state index contributed by atoms with van der Waals surface area (Å²) in [4.78, 5) is 19.9. The summed E-state index contributed by atoms with van der Waals surface area (Å²) in [6.07, 6.45) is 1.72. The lowest BCUT2D eigenvalue weighted by atomic mass is 9.97. The summed E-state index contributed by atoms with van der Waals surface area (Å²) < 4.78 is 18.8. The minimum atomic E-state index is -0.358. The van der Waals surface area contributed by atoms with Gasteiger partial charge >= 0.3 is 0 Å². The quantitative estimate of drug-likeness (QED) is 0.699. The molecule has 0 bridgehead atoms. The van der Waals surface area contributed by atoms with E-state index in [4.69, 9.17) is 4.52 Å². The molecule has 28 heavy (non-hydrogen) atoms. The van der Waals surface area contributed by atoms with Gasteiger partial charge in [0.25, 0.3) is 0 Å². The van der Waals surface area contributed by atoms with Crippen LogP contribution in [0.2, 0.25) is 0 Å². The van der Waals surface area contributed by atoms with Crippen molar-refractivity contribution in [2.45, 2.75) is 25.7 Å². The first-order valence-corrected chi connectivity index (χ1v) is 10.1. The maximum atomic E-state index is 13.4. The Balaban J connectivity index is 1.29. The van der Waals surface area contributed by atoms with E-state index < -0.39 is 0 Å². The van der Waals surface area contributed by atoms with Gasteiger partial charge in [-0.25, -0.2) is 4.39 Å². The molecule has 0 spiro atoms. The molecule has 0 unspecified atom stereocenters. The fraction of sp³-hybridized carbons (Fsp3) is 0.350. The standard InChI is InChI=1S/C20H21FN4O2S/c1-13-4-5-15(21)11-16(13)22-18(26)12-25-8-6-14(7-9-25)20-23-19(24-27-20)17-3-2-10-28-17/h2-5,10-11,14H,6-9,12H2,1H3,(H,22,26). The van der Waals surface area contributed by atoms with Gasteiger partial charge in [-0.1, -0.05) is 17.3 Å². The maximum absolute atomic E-state index is 13.4. The Hall–Kier alpha value is -2.58. The van der Waals surface area contributed by atoms with Crippen molar-refractivity contribution < 1.29 is 13.7 Å². The van der Waals surface area contributed by atoms with Crippen LogP contribution in [-0.4, -0.2) is 40.6 Å². The third kappa shape index (κ3) is 4.28. The van der Waals surface area contributed by atoms with Gasteiger partial charge in [-0.2, -0.15) is 4.98 Å². The highest BCUT2D eigenvalue weighted by atomic mass is 32.1. The van der Waals surface area contributed by atoms with Crippen LogP contribution in [0.25, 0.3) is 10.7 Å². The zero-order valence-electron chi connectivity index (χ0n) is 15.5. The average Bonchev–Trinajstić information content (AvgIpc) is 3.37. The van der Waals surface area contributed by atoms with Crippen LogP contribution in [-0.2, 0) is 4.79 Å². The second-order valence-electron chi connectivity index (χ2n) is 6.99. The van der Waals surface area contributed by atoms with Gasteiger partial charge in [0.2, 0.25) is 17.6 Å². The van der Waals surface area contributed by atoms with Crippen LogP contribution < -0.4 is 5.32 Å². The number of aromatic nitrogens is 2. The first-order chi connectivity index (χ1) is 13.6. The molecule has 8 heteroatoms. The topological polar surface area (TPSA) is 71.3 Å². The molecular weight excluding hydrogens is 379 g/mol. The number of hydrogen-bond donors (Lipinski definition) is 1. The summed E-state index contributed by atoms with van der Waals surface area (Å²) in [5, 5.41) is 8.87. The minimum absolute atomic E-state index is 0.134. The van der Waals surface area contributed by atoms with Gasteiger partial charge in [-0.05, 0) is 62.0 Å². The van der Waals surface area contributed by atoms with Crippen LogP contribution in [0.15, 0.2) is 40.2 Å². The smallest absolute Gasteiger partial charge is 0.238 e. The van der Waals surface area contributed by atoms with Crippen molar-refractivity contribution in [2.24, 2.45) is 0 Å². The molecule has 1 fully saturated rings. The monoisotopic (exact) mass is 400 g/mol. The van der Waals surface area contributed by atoms with Crippen molar-refractivity contribution in [2.75, 3.05) is 25.0 Å². The Morgan fingerprint density at radius 3 is 2.93 bits per heavy atom. The van der Waals surface area contributed by atoms with Crippen molar-refractivity contribution in [3.63, 3.8) is 0 Å². The lowest BCUT2D eigenvalue weighted by Crippen LogP contribution is -2.38. The summed E-state index contributed by atoms with van der Waals surface area (Å²) >= 11 is 1.58. The number of thiophene rings is 1. The van der Waals surface area contributed by atoms with E-state index in [1.807, 2.05) is 24.4 Å². The molecular formula is C20H21FN4O2S. The summed E-state index contributed by atoms with van der Waals surface area (Å²) in [6, 6.07) is 8.33. The maximum Gasteiger partial charge on any atom is 0.238 e. The number of rotatable bonds is 5. The number of benzene rings is 1. The highest BCUT2D eigenvalue weighted by Crippen LogP contribution is 2.29. The van der Waals surface area contributed by atoms with Crippen LogP contribution in [0.3, 0.4) is 0 Å². The van der Waals surface area contributed by atoms with Crippen LogP contribution >= 0.6 is 11.3 Å². The predicted molar refractivity (Wildman–Crippen MR) is 106 cm³/mol. The molecule has 3 heterocycles. The summed E-state index contributed by atoms with van der Waals surface area (Å²) in [5.41, 5.74) is 1.36. The van der Waals surface area contributed by atoms with E-state index in [0.717, 1.165) is 36.4 Å². The lowest BCUT2D eigenvalue weighted by molar-refractivity contribution is -0.117. The molecule has 1 amide bonds. The van der Waals surface area contributed by atoms with E-state index in [-0.39, 0.29) is 24.2 Å². The zero-order valence-corrected chi connectivity index (χ0v) is 16.3. The van der Waals surface area contributed by atoms with Gasteiger partial charge in [0.15, 0.2) is 0 Å². The Labute approximate surface area is 166 Å². The number of carbonyl (C=O) groups is 1. The Bertz CT molecular complexity index is 949. The summed E-state index contributed by atoms with van der Waals surface area (Å²) in [6.45, 7) is 3.68. The van der Waals surface area contributed by atoms with Crippen molar-refractivity contribution in [3.8, 4) is 10.7 Å². The normalized spacial score (nSPS) is 15.6. The van der Waals surface area contributed by atoms with Crippen LogP contribution in [0.1, 0.15) is 30.2 Å². The van der Waals surface area contributed by atoms with Crippen LogP contribution in [0.5, 0.6) is 0 Å². The number of nitrogens with zero attached hydrogens (tertiary/aromatic N) is 3. The molecule has 0 radical (unpaired) electrons. The lowest BCUT2D eigenvalue weighted by Gasteiger charge is -2.29. The van der Waals surface area contributed by atoms with Crippen molar-refractivity contribution in [3.05, 3.63) is 53.0 Å². The largest absolute Gasteiger partial charge is 0.339 e. The minimum Gasteiger partial charge on any atom is -0.339 e. The van der Waals surface area contributed by atoms with Crippen molar-refractivity contribution >= 4 is 22.9 Å². The number of aryl methyl sites for hydroxylation is 1. The summed E-state index contributed by atoms with van der Waals surface area (Å²) in [5.74, 6) is 1.03. The molecule has 6 nitrogen and oxygen atoms in total. The molecule has 1 aromatic carbocycles. The average molecular weight is 400 g/mol. The third-order valence-electron chi connectivity index (χ3n) is 4.96. The summed E-state index contributed by atoms with van der Waals surface area (Å²) in [7, 11) is 0. The predicted octanol–water partition coefficient (Wildman–Crippen LogP) is 4.06. The zero-order chi connectivity index (χ0) is 19.5. The van der Waals surface area contributed by atoms with E-state index in [0.29, 0.717) is 17.4 Å². The number of likely N-dealkylation sites (tertiary alicyclic amines) is 1. The Morgan fingerprint density at radius 2 is 2.18 bits per heavy atom. The molecule has 1 saturated heterocycles. The van der Waals surface area contributed by atoms with Gasteiger partial charge in [0.1, 0.15) is 5.82 Å². The molecule has 1 N–H and O–H groups in total. The van der Waals surface area contributed by atoms with E-state index in [1.54, 1.807) is 17.4 Å². The van der Waals surface area contributed by atoms with Crippen LogP contribution in [0, 0.1) is 12.7 Å². The van der Waals surface area contributed by atoms with Crippen molar-refractivity contribution in [1.29, 1.82) is 0 Å². The second kappa shape index (κ2) is 8.20. The first kappa shape index (κ1) is 18.8. The molecule has 3 aromatic rings. The number of anilines is 1. The number of halogens is 1. The van der Waals surface area contributed by atoms with Gasteiger partial charge < -0.3 is 9.84 Å². The number of nitrogens with one attached hydrogen (secondary N) is 1. The molecule has 1 aliphatic rings. The van der Waals surface area contributed by atoms with Gasteiger partial charge in [-0.3, -0.25) is 9.69 Å². The second-order valence-corrected chi connectivity index (χ2v) is 7.94. The molecule has 4 rings (SSSR count). The first-order valence-electron chi connectivity index (χ1n) is 9.24. The van der Waals surface area contributed by atoms with E-state index in [9.17, 15) is 9.18 Å². The highest BCUT2D eigenvalue weighted by molar-refractivity contribution is 7.13. The molecule has 0 aliphatic carbocycles. The molecule has 0 atom stereocenters. The Morgan fingerprint density at radius 1 is 1.36 bits per heavy atom. The molecule has 0 saturated carbocycles. The fourth-order valence-corrected chi connectivity index (χ4v) is 4.02. The van der Waals surface area contributed by atoms with E-state index in [1.165, 1.54) is 12.1 Å². The van der Waals surface area contributed by atoms with E-state index >= 15 is 0 Å². The molecule has 1 aliphatic heterocycles. The number of carbonyl (C=O) groups excluding carboxylic acids is 1. The highest BCUT2D eigenvalue weighted by Gasteiger charge is 2.26. The van der Waals surface area contributed by atoms with Gasteiger partial charge in [-0.15, -0.1) is 11.3 Å². The van der Waals surface area contributed by atoms with Crippen molar-refractivity contribution in [1.82, 2.24) is 15.0 Å². The SMILES string of the molecule is Cc1ccc(F)cc1NC(=O)CN1CCC(c2nc(-c3cccs3)no2)CC1. The van der Waals surface area contributed by atoms with Gasteiger partial charge in [0.05, 0.1) is 11.4 Å². The molecule has 2 aromatic heterocycles. The van der Waals surface area contributed by atoms with Crippen LogP contribution in [0.4, 0.5) is 10.1 Å². The number of amides is 1. The van der Waals surface area contributed by atoms with Gasteiger partial charge in [0, 0.05) is 11.6 Å². The Kier molecular flexibility index (Phi) is 5.50. The molecule has 146 valence electrons. The number of hydrogen-bond acceptors (Lipinski definition) is 6. The fourth-order valence-electron chi connectivity index (χ4n) is 3.37. The third-order valence-corrected chi connectivity index (χ3v) is 5.83.